The lowest BCUT2D eigenvalue weighted by atomic mass is 10.0. The zero-order valence-corrected chi connectivity index (χ0v) is 17.5. The lowest BCUT2D eigenvalue weighted by Gasteiger charge is -2.37. The lowest BCUT2D eigenvalue weighted by Crippen LogP contribution is -2.44. The Labute approximate surface area is 173 Å². The SMILES string of the molecule is CC(=O)N(C)Oc1ccc(CC(C)N2CCOC(c3ccccc3)C2)cc1.Cl. The van der Waals surface area contributed by atoms with Crippen LogP contribution in [0.3, 0.4) is 0 Å². The predicted octanol–water partition coefficient (Wildman–Crippen LogP) is 3.89. The first kappa shape index (κ1) is 22.2. The van der Waals surface area contributed by atoms with Crippen LogP contribution in [0.5, 0.6) is 5.75 Å². The molecule has 1 saturated heterocycles. The van der Waals surface area contributed by atoms with Crippen molar-refractivity contribution in [2.75, 3.05) is 26.7 Å². The van der Waals surface area contributed by atoms with Crippen LogP contribution in [0.15, 0.2) is 54.6 Å². The first-order valence-electron chi connectivity index (χ1n) is 9.44. The van der Waals surface area contributed by atoms with Crippen LogP contribution in [-0.4, -0.2) is 48.7 Å². The van der Waals surface area contributed by atoms with Gasteiger partial charge in [-0.3, -0.25) is 9.69 Å². The van der Waals surface area contributed by atoms with Gasteiger partial charge < -0.3 is 9.57 Å². The van der Waals surface area contributed by atoms with Crippen molar-refractivity contribution >= 4 is 18.3 Å². The Balaban J connectivity index is 0.00000280. The van der Waals surface area contributed by atoms with Crippen LogP contribution in [0.1, 0.15) is 31.1 Å². The second kappa shape index (κ2) is 10.5. The first-order valence-corrected chi connectivity index (χ1v) is 9.44. The van der Waals surface area contributed by atoms with E-state index in [0.29, 0.717) is 11.8 Å². The van der Waals surface area contributed by atoms with Crippen molar-refractivity contribution in [3.63, 3.8) is 0 Å². The number of hydrogen-bond acceptors (Lipinski definition) is 4. The molecule has 5 nitrogen and oxygen atoms in total. The number of rotatable bonds is 6. The summed E-state index contributed by atoms with van der Waals surface area (Å²) in [4.78, 5) is 19.2. The lowest BCUT2D eigenvalue weighted by molar-refractivity contribution is -0.149. The topological polar surface area (TPSA) is 42.0 Å². The van der Waals surface area contributed by atoms with Gasteiger partial charge in [-0.05, 0) is 36.6 Å². The van der Waals surface area contributed by atoms with E-state index < -0.39 is 0 Å². The number of halogens is 1. The Bertz CT molecular complexity index is 739. The number of benzene rings is 2. The zero-order chi connectivity index (χ0) is 19.2. The molecule has 2 aromatic rings. The van der Waals surface area contributed by atoms with Crippen molar-refractivity contribution in [2.45, 2.75) is 32.4 Å². The minimum atomic E-state index is -0.131. The fourth-order valence-electron chi connectivity index (χ4n) is 3.32. The predicted molar refractivity (Wildman–Crippen MR) is 113 cm³/mol. The molecule has 1 heterocycles. The Kier molecular flexibility index (Phi) is 8.30. The van der Waals surface area contributed by atoms with Gasteiger partial charge in [0.1, 0.15) is 0 Å². The summed E-state index contributed by atoms with van der Waals surface area (Å²) in [6, 6.07) is 18.8. The van der Waals surface area contributed by atoms with Crippen molar-refractivity contribution < 1.29 is 14.4 Å². The van der Waals surface area contributed by atoms with E-state index in [2.05, 4.69) is 48.2 Å². The van der Waals surface area contributed by atoms with Crippen molar-refractivity contribution in [2.24, 2.45) is 0 Å². The number of ether oxygens (including phenoxy) is 1. The van der Waals surface area contributed by atoms with Crippen molar-refractivity contribution in [1.29, 1.82) is 0 Å². The molecule has 2 aromatic carbocycles. The van der Waals surface area contributed by atoms with Gasteiger partial charge in [0.2, 0.25) is 0 Å². The van der Waals surface area contributed by atoms with Crippen LogP contribution in [0, 0.1) is 0 Å². The molecule has 0 radical (unpaired) electrons. The van der Waals surface area contributed by atoms with E-state index in [9.17, 15) is 4.79 Å². The maximum Gasteiger partial charge on any atom is 0.251 e. The minimum absolute atomic E-state index is 0. The van der Waals surface area contributed by atoms with E-state index in [-0.39, 0.29) is 24.4 Å². The van der Waals surface area contributed by atoms with Gasteiger partial charge in [-0.1, -0.05) is 42.5 Å². The van der Waals surface area contributed by atoms with Crippen LogP contribution in [-0.2, 0) is 16.0 Å². The van der Waals surface area contributed by atoms with Crippen LogP contribution < -0.4 is 4.84 Å². The quantitative estimate of drug-likeness (QED) is 0.685. The van der Waals surface area contributed by atoms with E-state index in [1.165, 1.54) is 23.1 Å². The van der Waals surface area contributed by atoms with E-state index in [1.54, 1.807) is 7.05 Å². The second-order valence-corrected chi connectivity index (χ2v) is 7.07. The molecule has 0 aromatic heterocycles. The normalized spacial score (nSPS) is 18.0. The second-order valence-electron chi connectivity index (χ2n) is 7.07. The highest BCUT2D eigenvalue weighted by Crippen LogP contribution is 2.24. The molecule has 2 atom stereocenters. The summed E-state index contributed by atoms with van der Waals surface area (Å²) in [6.07, 6.45) is 1.10. The third-order valence-corrected chi connectivity index (χ3v) is 5.03. The maximum atomic E-state index is 11.2. The average molecular weight is 405 g/mol. The monoisotopic (exact) mass is 404 g/mol. The molecule has 3 rings (SSSR count). The maximum absolute atomic E-state index is 11.2. The molecule has 0 N–H and O–H groups in total. The molecule has 1 aliphatic heterocycles. The number of amides is 1. The summed E-state index contributed by atoms with van der Waals surface area (Å²) < 4.78 is 5.98. The molecule has 0 saturated carbocycles. The molecule has 28 heavy (non-hydrogen) atoms. The average Bonchev–Trinajstić information content (AvgIpc) is 2.70. The number of hydrogen-bond donors (Lipinski definition) is 0. The summed E-state index contributed by atoms with van der Waals surface area (Å²) in [6.45, 7) is 6.36. The highest BCUT2D eigenvalue weighted by Gasteiger charge is 2.25. The molecule has 0 bridgehead atoms. The molecule has 6 heteroatoms. The van der Waals surface area contributed by atoms with E-state index in [1.807, 2.05) is 18.2 Å². The first-order chi connectivity index (χ1) is 13.0. The van der Waals surface area contributed by atoms with Crippen LogP contribution >= 0.6 is 12.4 Å². The summed E-state index contributed by atoms with van der Waals surface area (Å²) in [7, 11) is 1.61. The third kappa shape index (κ3) is 5.96. The van der Waals surface area contributed by atoms with Gasteiger partial charge in [-0.15, -0.1) is 12.4 Å². The van der Waals surface area contributed by atoms with E-state index in [4.69, 9.17) is 9.57 Å². The molecule has 0 aliphatic carbocycles. The number of carbonyl (C=O) groups is 1. The fourth-order valence-corrected chi connectivity index (χ4v) is 3.32. The zero-order valence-electron chi connectivity index (χ0n) is 16.7. The molecule has 0 spiro atoms. The Morgan fingerprint density at radius 1 is 1.21 bits per heavy atom. The standard InChI is InChI=1S/C22H28N2O3.ClH/c1-17(15-19-9-11-21(12-10-19)27-23(3)18(2)25)24-13-14-26-22(16-24)20-7-5-4-6-8-20;/h4-12,17,22H,13-16H2,1-3H3;1H. The van der Waals surface area contributed by atoms with Gasteiger partial charge in [-0.2, -0.15) is 5.06 Å². The van der Waals surface area contributed by atoms with E-state index in [0.717, 1.165) is 26.1 Å². The number of nitrogens with zero attached hydrogens (tertiary/aromatic N) is 2. The smallest absolute Gasteiger partial charge is 0.251 e. The highest BCUT2D eigenvalue weighted by atomic mass is 35.5. The van der Waals surface area contributed by atoms with Gasteiger partial charge >= 0.3 is 0 Å². The Morgan fingerprint density at radius 2 is 1.89 bits per heavy atom. The fraction of sp³-hybridized carbons (Fsp3) is 0.409. The summed E-state index contributed by atoms with van der Waals surface area (Å²) in [5.74, 6) is 0.535. The van der Waals surface area contributed by atoms with E-state index >= 15 is 0 Å². The number of morpholine rings is 1. The molecule has 1 amide bonds. The summed E-state index contributed by atoms with van der Waals surface area (Å²) in [5.41, 5.74) is 2.49. The van der Waals surface area contributed by atoms with Crippen LogP contribution in [0.2, 0.25) is 0 Å². The molecular weight excluding hydrogens is 376 g/mol. The van der Waals surface area contributed by atoms with Crippen LogP contribution in [0.4, 0.5) is 0 Å². The van der Waals surface area contributed by atoms with Gasteiger partial charge in [-0.25, -0.2) is 0 Å². The summed E-state index contributed by atoms with van der Waals surface area (Å²) in [5, 5.41) is 1.23. The van der Waals surface area contributed by atoms with Crippen LogP contribution in [0.25, 0.3) is 0 Å². The molecule has 1 fully saturated rings. The minimum Gasteiger partial charge on any atom is -0.377 e. The van der Waals surface area contributed by atoms with Crippen molar-refractivity contribution in [3.8, 4) is 5.75 Å². The van der Waals surface area contributed by atoms with Gasteiger partial charge in [0.05, 0.1) is 12.7 Å². The summed E-state index contributed by atoms with van der Waals surface area (Å²) >= 11 is 0. The van der Waals surface area contributed by atoms with Gasteiger partial charge in [0.25, 0.3) is 5.91 Å². The van der Waals surface area contributed by atoms with Gasteiger partial charge in [0, 0.05) is 33.1 Å². The largest absolute Gasteiger partial charge is 0.377 e. The molecule has 152 valence electrons. The Morgan fingerprint density at radius 3 is 2.54 bits per heavy atom. The molecular formula is C22H29ClN2O3. The van der Waals surface area contributed by atoms with Crippen molar-refractivity contribution in [1.82, 2.24) is 9.96 Å². The molecule has 1 aliphatic rings. The van der Waals surface area contributed by atoms with Crippen molar-refractivity contribution in [3.05, 3.63) is 65.7 Å². The molecule has 2 unspecified atom stereocenters. The highest BCUT2D eigenvalue weighted by molar-refractivity contribution is 5.85. The third-order valence-electron chi connectivity index (χ3n) is 5.03. The number of carbonyl (C=O) groups excluding carboxylic acids is 1. The van der Waals surface area contributed by atoms with Gasteiger partial charge in [0.15, 0.2) is 5.75 Å². The number of hydroxylamine groups is 2. The Hall–Kier alpha value is -2.08.